The third kappa shape index (κ3) is 3.84. The normalized spacial score (nSPS) is 14.2. The maximum absolute atomic E-state index is 12.8. The van der Waals surface area contributed by atoms with Crippen LogP contribution >= 0.6 is 23.2 Å². The molecular formula is C18H15Cl2N3O4. The molecule has 1 unspecified atom stereocenters. The lowest BCUT2D eigenvalue weighted by molar-refractivity contribution is -0.128. The van der Waals surface area contributed by atoms with E-state index in [9.17, 15) is 14.4 Å². The fourth-order valence-corrected chi connectivity index (χ4v) is 3.17. The SMILES string of the molecule is CC(OC(=O)c1cc(Cl)cc(Cl)c1N)C(=O)N1CC(=O)Nc2ccccc21. The molecule has 0 radical (unpaired) electrons. The molecule has 3 N–H and O–H groups in total. The van der Waals surface area contributed by atoms with Crippen molar-refractivity contribution in [1.29, 1.82) is 0 Å². The molecule has 0 saturated heterocycles. The van der Waals surface area contributed by atoms with Crippen LogP contribution in [0.2, 0.25) is 10.0 Å². The Balaban J connectivity index is 1.81. The third-order valence-corrected chi connectivity index (χ3v) is 4.51. The number of esters is 1. The summed E-state index contributed by atoms with van der Waals surface area (Å²) in [5.41, 5.74) is 6.79. The summed E-state index contributed by atoms with van der Waals surface area (Å²) in [5, 5.41) is 3.00. The highest BCUT2D eigenvalue weighted by Gasteiger charge is 2.32. The van der Waals surface area contributed by atoms with Gasteiger partial charge in [-0.3, -0.25) is 14.5 Å². The maximum atomic E-state index is 12.8. The molecule has 0 aliphatic carbocycles. The van der Waals surface area contributed by atoms with Gasteiger partial charge in [-0.1, -0.05) is 35.3 Å². The van der Waals surface area contributed by atoms with Gasteiger partial charge in [0.1, 0.15) is 6.54 Å². The number of para-hydroxylation sites is 2. The molecule has 9 heteroatoms. The van der Waals surface area contributed by atoms with Crippen molar-refractivity contribution in [3.05, 3.63) is 52.0 Å². The van der Waals surface area contributed by atoms with Crippen molar-refractivity contribution in [2.24, 2.45) is 0 Å². The molecule has 1 aliphatic heterocycles. The number of anilines is 3. The molecule has 0 spiro atoms. The van der Waals surface area contributed by atoms with E-state index in [4.69, 9.17) is 33.7 Å². The van der Waals surface area contributed by atoms with Gasteiger partial charge in [-0.2, -0.15) is 0 Å². The van der Waals surface area contributed by atoms with Crippen molar-refractivity contribution < 1.29 is 19.1 Å². The number of fused-ring (bicyclic) bond motifs is 1. The first-order valence-electron chi connectivity index (χ1n) is 7.93. The van der Waals surface area contributed by atoms with Gasteiger partial charge in [-0.25, -0.2) is 4.79 Å². The minimum Gasteiger partial charge on any atom is -0.449 e. The Bertz CT molecular complexity index is 948. The molecule has 1 heterocycles. The molecule has 0 aromatic heterocycles. The average molecular weight is 408 g/mol. The third-order valence-electron chi connectivity index (χ3n) is 3.98. The maximum Gasteiger partial charge on any atom is 0.341 e. The van der Waals surface area contributed by atoms with Crippen molar-refractivity contribution in [2.45, 2.75) is 13.0 Å². The van der Waals surface area contributed by atoms with Gasteiger partial charge in [-0.05, 0) is 31.2 Å². The molecule has 0 fully saturated rings. The standard InChI is InChI=1S/C18H15Cl2N3O4/c1-9(27-18(26)11-6-10(19)7-12(20)16(11)21)17(25)23-8-15(24)22-13-4-2-3-5-14(13)23/h2-7,9H,8,21H2,1H3,(H,22,24). The fourth-order valence-electron chi connectivity index (χ4n) is 2.68. The number of halogens is 2. The zero-order valence-electron chi connectivity index (χ0n) is 14.2. The molecule has 27 heavy (non-hydrogen) atoms. The zero-order chi connectivity index (χ0) is 19.7. The number of ether oxygens (including phenoxy) is 1. The first kappa shape index (κ1) is 19.0. The van der Waals surface area contributed by atoms with Crippen LogP contribution in [0, 0.1) is 0 Å². The van der Waals surface area contributed by atoms with Gasteiger partial charge >= 0.3 is 5.97 Å². The number of nitrogen functional groups attached to an aromatic ring is 1. The average Bonchev–Trinajstić information content (AvgIpc) is 2.63. The number of rotatable bonds is 3. The van der Waals surface area contributed by atoms with E-state index in [-0.39, 0.29) is 33.7 Å². The highest BCUT2D eigenvalue weighted by atomic mass is 35.5. The molecule has 0 bridgehead atoms. The molecule has 1 aliphatic rings. The number of carbonyl (C=O) groups is 3. The summed E-state index contributed by atoms with van der Waals surface area (Å²) in [5.74, 6) is -1.73. The second-order valence-electron chi connectivity index (χ2n) is 5.89. The van der Waals surface area contributed by atoms with Gasteiger partial charge < -0.3 is 15.8 Å². The molecule has 7 nitrogen and oxygen atoms in total. The Labute approximate surface area is 165 Å². The number of nitrogens with one attached hydrogen (secondary N) is 1. The smallest absolute Gasteiger partial charge is 0.341 e. The number of amides is 2. The molecule has 1 atom stereocenters. The number of hydrogen-bond donors (Lipinski definition) is 2. The van der Waals surface area contributed by atoms with Gasteiger partial charge in [0.2, 0.25) is 5.91 Å². The molecule has 0 saturated carbocycles. The minimum absolute atomic E-state index is 0.00779. The van der Waals surface area contributed by atoms with E-state index >= 15 is 0 Å². The van der Waals surface area contributed by atoms with Crippen LogP contribution in [0.1, 0.15) is 17.3 Å². The van der Waals surface area contributed by atoms with Gasteiger partial charge in [0, 0.05) is 5.02 Å². The number of nitrogens with zero attached hydrogens (tertiary/aromatic N) is 1. The summed E-state index contributed by atoms with van der Waals surface area (Å²) < 4.78 is 5.23. The van der Waals surface area contributed by atoms with Crippen molar-refractivity contribution >= 4 is 58.0 Å². The second-order valence-corrected chi connectivity index (χ2v) is 6.73. The number of benzene rings is 2. The van der Waals surface area contributed by atoms with Crippen molar-refractivity contribution in [1.82, 2.24) is 0 Å². The molecule has 3 rings (SSSR count). The van der Waals surface area contributed by atoms with Crippen LogP contribution in [0.15, 0.2) is 36.4 Å². The van der Waals surface area contributed by atoms with Gasteiger partial charge in [-0.15, -0.1) is 0 Å². The lowest BCUT2D eigenvalue weighted by Crippen LogP contribution is -2.47. The zero-order valence-corrected chi connectivity index (χ0v) is 15.7. The van der Waals surface area contributed by atoms with E-state index in [0.717, 1.165) is 0 Å². The van der Waals surface area contributed by atoms with Gasteiger partial charge in [0.05, 0.1) is 27.6 Å². The van der Waals surface area contributed by atoms with Crippen molar-refractivity contribution in [2.75, 3.05) is 22.5 Å². The first-order valence-corrected chi connectivity index (χ1v) is 8.69. The van der Waals surface area contributed by atoms with Gasteiger partial charge in [0.15, 0.2) is 6.10 Å². The number of hydrogen-bond acceptors (Lipinski definition) is 5. The molecule has 2 aromatic rings. The Morgan fingerprint density at radius 1 is 1.26 bits per heavy atom. The predicted molar refractivity (Wildman–Crippen MR) is 103 cm³/mol. The van der Waals surface area contributed by atoms with Crippen LogP contribution in [0.4, 0.5) is 17.1 Å². The topological polar surface area (TPSA) is 102 Å². The van der Waals surface area contributed by atoms with Crippen LogP contribution in [0.3, 0.4) is 0 Å². The summed E-state index contributed by atoms with van der Waals surface area (Å²) in [4.78, 5) is 38.3. The summed E-state index contributed by atoms with van der Waals surface area (Å²) in [7, 11) is 0. The minimum atomic E-state index is -1.16. The lowest BCUT2D eigenvalue weighted by atomic mass is 10.1. The predicted octanol–water partition coefficient (Wildman–Crippen LogP) is 3.11. The highest BCUT2D eigenvalue weighted by molar-refractivity contribution is 6.37. The summed E-state index contributed by atoms with van der Waals surface area (Å²) in [6, 6.07) is 9.55. The van der Waals surface area contributed by atoms with Gasteiger partial charge in [0.25, 0.3) is 5.91 Å². The second kappa shape index (κ2) is 7.46. The quantitative estimate of drug-likeness (QED) is 0.600. The monoisotopic (exact) mass is 407 g/mol. The number of carbonyl (C=O) groups excluding carboxylic acids is 3. The Morgan fingerprint density at radius 3 is 2.70 bits per heavy atom. The van der Waals surface area contributed by atoms with E-state index in [1.54, 1.807) is 24.3 Å². The van der Waals surface area contributed by atoms with Crippen molar-refractivity contribution in [3.8, 4) is 0 Å². The van der Waals surface area contributed by atoms with Crippen LogP contribution < -0.4 is 16.0 Å². The summed E-state index contributed by atoms with van der Waals surface area (Å²) in [6.45, 7) is 1.24. The largest absolute Gasteiger partial charge is 0.449 e. The summed E-state index contributed by atoms with van der Waals surface area (Å²) in [6.07, 6.45) is -1.16. The highest BCUT2D eigenvalue weighted by Crippen LogP contribution is 2.31. The van der Waals surface area contributed by atoms with E-state index < -0.39 is 18.0 Å². The summed E-state index contributed by atoms with van der Waals surface area (Å²) >= 11 is 11.8. The Kier molecular flexibility index (Phi) is 5.25. The Hall–Kier alpha value is -2.77. The van der Waals surface area contributed by atoms with Crippen LogP contribution in [-0.2, 0) is 14.3 Å². The Morgan fingerprint density at radius 2 is 1.96 bits per heavy atom. The lowest BCUT2D eigenvalue weighted by Gasteiger charge is -2.30. The van der Waals surface area contributed by atoms with E-state index in [1.807, 2.05) is 0 Å². The fraction of sp³-hybridized carbons (Fsp3) is 0.167. The van der Waals surface area contributed by atoms with E-state index in [0.29, 0.717) is 11.4 Å². The number of nitrogens with two attached hydrogens (primary N) is 1. The van der Waals surface area contributed by atoms with Crippen LogP contribution in [-0.4, -0.2) is 30.4 Å². The molecule has 2 aromatic carbocycles. The van der Waals surface area contributed by atoms with E-state index in [1.165, 1.54) is 24.0 Å². The van der Waals surface area contributed by atoms with Crippen LogP contribution in [0.25, 0.3) is 0 Å². The van der Waals surface area contributed by atoms with Crippen molar-refractivity contribution in [3.63, 3.8) is 0 Å². The first-order chi connectivity index (χ1) is 12.8. The van der Waals surface area contributed by atoms with Crippen LogP contribution in [0.5, 0.6) is 0 Å². The molecular weight excluding hydrogens is 393 g/mol. The molecule has 140 valence electrons. The van der Waals surface area contributed by atoms with E-state index in [2.05, 4.69) is 5.32 Å². The molecule has 2 amide bonds.